The van der Waals surface area contributed by atoms with Gasteiger partial charge >= 0.3 is 0 Å². The van der Waals surface area contributed by atoms with E-state index in [1.807, 2.05) is 0 Å². The van der Waals surface area contributed by atoms with Crippen molar-refractivity contribution in [1.29, 1.82) is 0 Å². The predicted octanol–water partition coefficient (Wildman–Crippen LogP) is 2.70. The molecular weight excluding hydrogens is 266 g/mol. The molecule has 1 atom stereocenters. The van der Waals surface area contributed by atoms with Gasteiger partial charge in [-0.3, -0.25) is 0 Å². The molecule has 3 heteroatoms. The largest absolute Gasteiger partial charge is 0.379 e. The summed E-state index contributed by atoms with van der Waals surface area (Å²) >= 11 is 3.47. The van der Waals surface area contributed by atoms with Gasteiger partial charge in [-0.2, -0.15) is 0 Å². The van der Waals surface area contributed by atoms with E-state index in [0.29, 0.717) is 5.92 Å². The highest BCUT2D eigenvalue weighted by Crippen LogP contribution is 2.40. The Morgan fingerprint density at radius 1 is 1.38 bits per heavy atom. The van der Waals surface area contributed by atoms with Crippen LogP contribution in [0, 0.1) is 5.92 Å². The van der Waals surface area contributed by atoms with Gasteiger partial charge in [-0.05, 0) is 30.2 Å². The lowest BCUT2D eigenvalue weighted by Crippen LogP contribution is -2.54. The Labute approximate surface area is 105 Å². The Bertz CT molecular complexity index is 341. The minimum absolute atomic E-state index is 0.157. The maximum Gasteiger partial charge on any atom is 0.0588 e. The number of hydrogen-bond acceptors (Lipinski definition) is 2. The van der Waals surface area contributed by atoms with E-state index in [4.69, 9.17) is 10.5 Å². The summed E-state index contributed by atoms with van der Waals surface area (Å²) in [5.74, 6) is 0.516. The molecule has 2 rings (SSSR count). The Hall–Kier alpha value is -0.380. The van der Waals surface area contributed by atoms with Gasteiger partial charge in [-0.15, -0.1) is 0 Å². The molecule has 0 amide bonds. The molecule has 16 heavy (non-hydrogen) atoms. The zero-order chi connectivity index (χ0) is 11.6. The zero-order valence-electron chi connectivity index (χ0n) is 9.58. The highest BCUT2D eigenvalue weighted by Gasteiger charge is 2.45. The Morgan fingerprint density at radius 3 is 2.38 bits per heavy atom. The van der Waals surface area contributed by atoms with Gasteiger partial charge in [0.25, 0.3) is 0 Å². The summed E-state index contributed by atoms with van der Waals surface area (Å²) in [5.41, 5.74) is 7.40. The van der Waals surface area contributed by atoms with Crippen LogP contribution in [0.15, 0.2) is 28.7 Å². The molecule has 0 aromatic heterocycles. The highest BCUT2D eigenvalue weighted by molar-refractivity contribution is 9.10. The number of halogens is 1. The average molecular weight is 284 g/mol. The number of rotatable bonds is 4. The van der Waals surface area contributed by atoms with Gasteiger partial charge in [0.15, 0.2) is 0 Å². The molecule has 1 aromatic rings. The van der Waals surface area contributed by atoms with E-state index in [2.05, 4.69) is 47.1 Å². The van der Waals surface area contributed by atoms with E-state index in [1.165, 1.54) is 5.56 Å². The molecule has 2 nitrogen and oxygen atoms in total. The number of ether oxygens (including phenoxy) is 1. The summed E-state index contributed by atoms with van der Waals surface area (Å²) in [6.45, 7) is 4.56. The lowest BCUT2D eigenvalue weighted by molar-refractivity contribution is -0.0898. The van der Waals surface area contributed by atoms with Crippen molar-refractivity contribution in [2.45, 2.75) is 18.8 Å². The van der Waals surface area contributed by atoms with E-state index in [0.717, 1.165) is 30.7 Å². The minimum Gasteiger partial charge on any atom is -0.379 e. The van der Waals surface area contributed by atoms with Crippen LogP contribution in [-0.4, -0.2) is 19.8 Å². The van der Waals surface area contributed by atoms with Gasteiger partial charge in [0.05, 0.1) is 13.2 Å². The van der Waals surface area contributed by atoms with E-state index < -0.39 is 0 Å². The van der Waals surface area contributed by atoms with Gasteiger partial charge in [0.1, 0.15) is 0 Å². The van der Waals surface area contributed by atoms with Crippen molar-refractivity contribution >= 4 is 15.9 Å². The molecule has 88 valence electrons. The van der Waals surface area contributed by atoms with Crippen LogP contribution in [0.4, 0.5) is 0 Å². The average Bonchev–Trinajstić information content (AvgIpc) is 2.25. The first kappa shape index (κ1) is 12.1. The Kier molecular flexibility index (Phi) is 3.67. The fourth-order valence-corrected chi connectivity index (χ4v) is 2.79. The minimum atomic E-state index is 0.157. The standard InChI is InChI=1S/C13H18BrNO/c1-2-10(7-15)13(8-16-9-13)11-3-5-12(14)6-4-11/h3-6,10H,2,7-9,15H2,1H3. The molecule has 1 saturated heterocycles. The van der Waals surface area contributed by atoms with Gasteiger partial charge in [0, 0.05) is 9.89 Å². The van der Waals surface area contributed by atoms with Gasteiger partial charge < -0.3 is 10.5 Å². The summed E-state index contributed by atoms with van der Waals surface area (Å²) in [5, 5.41) is 0. The van der Waals surface area contributed by atoms with Crippen LogP contribution >= 0.6 is 15.9 Å². The predicted molar refractivity (Wildman–Crippen MR) is 69.5 cm³/mol. The maximum absolute atomic E-state index is 5.88. The molecule has 1 aromatic carbocycles. The second kappa shape index (κ2) is 4.86. The van der Waals surface area contributed by atoms with E-state index >= 15 is 0 Å². The van der Waals surface area contributed by atoms with E-state index in [9.17, 15) is 0 Å². The van der Waals surface area contributed by atoms with Crippen molar-refractivity contribution in [3.63, 3.8) is 0 Å². The summed E-state index contributed by atoms with van der Waals surface area (Å²) in [6, 6.07) is 8.56. The van der Waals surface area contributed by atoms with Crippen LogP contribution in [0.2, 0.25) is 0 Å². The highest BCUT2D eigenvalue weighted by atomic mass is 79.9. The van der Waals surface area contributed by atoms with Gasteiger partial charge in [-0.25, -0.2) is 0 Å². The summed E-state index contributed by atoms with van der Waals surface area (Å²) < 4.78 is 6.56. The van der Waals surface area contributed by atoms with E-state index in [-0.39, 0.29) is 5.41 Å². The zero-order valence-corrected chi connectivity index (χ0v) is 11.2. The fraction of sp³-hybridized carbons (Fsp3) is 0.538. The first-order valence-corrected chi connectivity index (χ1v) is 6.56. The van der Waals surface area contributed by atoms with Crippen LogP contribution < -0.4 is 5.73 Å². The van der Waals surface area contributed by atoms with Crippen molar-refractivity contribution in [2.24, 2.45) is 11.7 Å². The number of hydrogen-bond donors (Lipinski definition) is 1. The van der Waals surface area contributed by atoms with Crippen LogP contribution in [0.1, 0.15) is 18.9 Å². The first-order valence-electron chi connectivity index (χ1n) is 5.77. The topological polar surface area (TPSA) is 35.2 Å². The molecule has 2 N–H and O–H groups in total. The van der Waals surface area contributed by atoms with Gasteiger partial charge in [-0.1, -0.05) is 41.4 Å². The SMILES string of the molecule is CCC(CN)C1(c2ccc(Br)cc2)COC1. The van der Waals surface area contributed by atoms with Crippen LogP contribution in [0.25, 0.3) is 0 Å². The molecule has 0 aliphatic carbocycles. The molecule has 0 bridgehead atoms. The lowest BCUT2D eigenvalue weighted by Gasteiger charge is -2.47. The fourth-order valence-electron chi connectivity index (χ4n) is 2.52. The van der Waals surface area contributed by atoms with Crippen molar-refractivity contribution in [1.82, 2.24) is 0 Å². The summed E-state index contributed by atoms with van der Waals surface area (Å²) in [7, 11) is 0. The van der Waals surface area contributed by atoms with Crippen molar-refractivity contribution in [3.05, 3.63) is 34.3 Å². The lowest BCUT2D eigenvalue weighted by atomic mass is 9.67. The third-order valence-electron chi connectivity index (χ3n) is 3.70. The van der Waals surface area contributed by atoms with Crippen LogP contribution in [0.5, 0.6) is 0 Å². The quantitative estimate of drug-likeness (QED) is 0.922. The molecular formula is C13H18BrNO. The molecule has 1 unspecified atom stereocenters. The summed E-state index contributed by atoms with van der Waals surface area (Å²) in [4.78, 5) is 0. The number of nitrogens with two attached hydrogens (primary N) is 1. The molecule has 1 aliphatic rings. The van der Waals surface area contributed by atoms with Crippen molar-refractivity contribution < 1.29 is 4.74 Å². The smallest absolute Gasteiger partial charge is 0.0588 e. The Morgan fingerprint density at radius 2 is 2.00 bits per heavy atom. The van der Waals surface area contributed by atoms with Gasteiger partial charge in [0.2, 0.25) is 0 Å². The van der Waals surface area contributed by atoms with Crippen LogP contribution in [0.3, 0.4) is 0 Å². The number of benzene rings is 1. The van der Waals surface area contributed by atoms with Crippen molar-refractivity contribution in [3.8, 4) is 0 Å². The molecule has 1 fully saturated rings. The molecule has 1 heterocycles. The summed E-state index contributed by atoms with van der Waals surface area (Å²) in [6.07, 6.45) is 1.11. The second-order valence-corrected chi connectivity index (χ2v) is 5.41. The van der Waals surface area contributed by atoms with Crippen molar-refractivity contribution in [2.75, 3.05) is 19.8 Å². The molecule has 0 spiro atoms. The molecule has 0 radical (unpaired) electrons. The third-order valence-corrected chi connectivity index (χ3v) is 4.23. The normalized spacial score (nSPS) is 20.2. The van der Waals surface area contributed by atoms with E-state index in [1.54, 1.807) is 0 Å². The Balaban J connectivity index is 2.30. The molecule has 1 aliphatic heterocycles. The first-order chi connectivity index (χ1) is 7.73. The second-order valence-electron chi connectivity index (χ2n) is 4.50. The maximum atomic E-state index is 5.88. The third kappa shape index (κ3) is 1.92. The monoisotopic (exact) mass is 283 g/mol. The van der Waals surface area contributed by atoms with Crippen LogP contribution in [-0.2, 0) is 10.2 Å². The molecule has 0 saturated carbocycles.